The summed E-state index contributed by atoms with van der Waals surface area (Å²) in [7, 11) is 1.62. The van der Waals surface area contributed by atoms with Gasteiger partial charge in [0.05, 0.1) is 6.10 Å². The molecule has 0 bridgehead atoms. The van der Waals surface area contributed by atoms with Crippen LogP contribution in [0, 0.1) is 0 Å². The third-order valence-corrected chi connectivity index (χ3v) is 2.33. The normalized spacial score (nSPS) is 14.9. The zero-order valence-corrected chi connectivity index (χ0v) is 9.86. The maximum atomic E-state index is 10.8. The number of carboxylic acid groups (broad SMARTS) is 1. The Balaban J connectivity index is 3.78. The van der Waals surface area contributed by atoms with Crippen LogP contribution >= 0.6 is 0 Å². The molecule has 0 aliphatic carbocycles. The highest BCUT2D eigenvalue weighted by Gasteiger charge is 2.18. The maximum Gasteiger partial charge on any atom is 0.332 e. The average Bonchev–Trinajstić information content (AvgIpc) is 2.22. The van der Waals surface area contributed by atoms with Crippen molar-refractivity contribution in [2.75, 3.05) is 13.7 Å². The summed E-state index contributed by atoms with van der Waals surface area (Å²) in [5.74, 6) is -0.880. The van der Waals surface area contributed by atoms with Crippen molar-refractivity contribution in [2.45, 2.75) is 51.7 Å². The van der Waals surface area contributed by atoms with Gasteiger partial charge in [0.25, 0.3) is 0 Å². The Hall–Kier alpha value is -0.610. The van der Waals surface area contributed by atoms with E-state index < -0.39 is 12.1 Å². The van der Waals surface area contributed by atoms with Gasteiger partial charge in [-0.3, -0.25) is 0 Å². The predicted octanol–water partition coefficient (Wildman–Crippen LogP) is 2.07. The lowest BCUT2D eigenvalue weighted by atomic mass is 10.1. The number of rotatable bonds is 9. The van der Waals surface area contributed by atoms with E-state index in [1.807, 2.05) is 13.8 Å². The average molecular weight is 218 g/mol. The van der Waals surface area contributed by atoms with Gasteiger partial charge in [-0.25, -0.2) is 4.79 Å². The van der Waals surface area contributed by atoms with Crippen molar-refractivity contribution in [3.63, 3.8) is 0 Å². The topological polar surface area (TPSA) is 55.8 Å². The van der Waals surface area contributed by atoms with Crippen molar-refractivity contribution >= 4 is 5.97 Å². The quantitative estimate of drug-likeness (QED) is 0.602. The van der Waals surface area contributed by atoms with E-state index in [4.69, 9.17) is 14.6 Å². The highest BCUT2D eigenvalue weighted by molar-refractivity contribution is 5.72. The molecule has 0 saturated carbocycles. The van der Waals surface area contributed by atoms with Crippen molar-refractivity contribution in [3.05, 3.63) is 0 Å². The van der Waals surface area contributed by atoms with E-state index in [9.17, 15) is 4.79 Å². The van der Waals surface area contributed by atoms with Crippen LogP contribution in [0.5, 0.6) is 0 Å². The van der Waals surface area contributed by atoms with Gasteiger partial charge in [0, 0.05) is 13.7 Å². The molecule has 0 saturated heterocycles. The fourth-order valence-corrected chi connectivity index (χ4v) is 1.15. The molecule has 0 aliphatic heterocycles. The summed E-state index contributed by atoms with van der Waals surface area (Å²) >= 11 is 0. The van der Waals surface area contributed by atoms with E-state index >= 15 is 0 Å². The van der Waals surface area contributed by atoms with Gasteiger partial charge in [0.1, 0.15) is 0 Å². The van der Waals surface area contributed by atoms with Crippen molar-refractivity contribution in [1.82, 2.24) is 0 Å². The second-order valence-corrected chi connectivity index (χ2v) is 3.67. The van der Waals surface area contributed by atoms with E-state index in [2.05, 4.69) is 0 Å². The number of ether oxygens (including phenoxy) is 2. The molecule has 90 valence electrons. The molecule has 0 aromatic rings. The number of hydrogen-bond acceptors (Lipinski definition) is 3. The first-order valence-electron chi connectivity index (χ1n) is 5.49. The molecule has 15 heavy (non-hydrogen) atoms. The molecule has 1 N–H and O–H groups in total. The van der Waals surface area contributed by atoms with Crippen molar-refractivity contribution in [2.24, 2.45) is 0 Å². The summed E-state index contributed by atoms with van der Waals surface area (Å²) in [5.41, 5.74) is 0. The summed E-state index contributed by atoms with van der Waals surface area (Å²) < 4.78 is 10.3. The van der Waals surface area contributed by atoms with E-state index in [0.29, 0.717) is 19.4 Å². The van der Waals surface area contributed by atoms with E-state index in [1.165, 1.54) is 0 Å². The van der Waals surface area contributed by atoms with Crippen LogP contribution < -0.4 is 0 Å². The summed E-state index contributed by atoms with van der Waals surface area (Å²) in [5, 5.41) is 8.89. The molecule has 2 unspecified atom stereocenters. The number of methoxy groups -OCH3 is 1. The van der Waals surface area contributed by atoms with Gasteiger partial charge in [-0.15, -0.1) is 0 Å². The lowest BCUT2D eigenvalue weighted by Crippen LogP contribution is -2.25. The number of unbranched alkanes of at least 4 members (excludes halogenated alkanes) is 1. The van der Waals surface area contributed by atoms with Gasteiger partial charge in [-0.05, 0) is 26.2 Å². The number of aliphatic carboxylic acids is 1. The van der Waals surface area contributed by atoms with E-state index in [1.54, 1.807) is 7.11 Å². The van der Waals surface area contributed by atoms with Gasteiger partial charge in [0.15, 0.2) is 6.10 Å². The van der Waals surface area contributed by atoms with Crippen LogP contribution in [0.15, 0.2) is 0 Å². The van der Waals surface area contributed by atoms with E-state index in [-0.39, 0.29) is 6.10 Å². The van der Waals surface area contributed by atoms with Crippen LogP contribution in [-0.2, 0) is 14.3 Å². The molecule has 4 heteroatoms. The first-order chi connectivity index (χ1) is 7.11. The summed E-state index contributed by atoms with van der Waals surface area (Å²) in [6.07, 6.45) is 2.54. The van der Waals surface area contributed by atoms with Crippen LogP contribution in [0.2, 0.25) is 0 Å². The molecule has 2 atom stereocenters. The Bertz CT molecular complexity index is 170. The Morgan fingerprint density at radius 1 is 1.40 bits per heavy atom. The molecule has 0 fully saturated rings. The minimum Gasteiger partial charge on any atom is -0.479 e. The molecule has 0 amide bonds. The Labute approximate surface area is 91.6 Å². The third-order valence-electron chi connectivity index (χ3n) is 2.33. The van der Waals surface area contributed by atoms with Gasteiger partial charge in [-0.1, -0.05) is 13.3 Å². The number of carboxylic acids is 1. The van der Waals surface area contributed by atoms with Crippen molar-refractivity contribution in [3.8, 4) is 0 Å². The molecule has 0 spiro atoms. The summed E-state index contributed by atoms with van der Waals surface area (Å²) in [6, 6.07) is 0. The molecule has 0 aliphatic rings. The second-order valence-electron chi connectivity index (χ2n) is 3.67. The standard InChI is InChI=1S/C11H22O4/c1-4-5-8-15-10(11(12)13)7-6-9(2)14-3/h9-10H,4-8H2,1-3H3,(H,12,13). The van der Waals surface area contributed by atoms with Crippen LogP contribution in [0.25, 0.3) is 0 Å². The van der Waals surface area contributed by atoms with Gasteiger partial charge in [0.2, 0.25) is 0 Å². The monoisotopic (exact) mass is 218 g/mol. The van der Waals surface area contributed by atoms with Gasteiger partial charge < -0.3 is 14.6 Å². The molecular formula is C11H22O4. The molecule has 0 rings (SSSR count). The van der Waals surface area contributed by atoms with Crippen molar-refractivity contribution in [1.29, 1.82) is 0 Å². The van der Waals surface area contributed by atoms with Crippen LogP contribution in [0.1, 0.15) is 39.5 Å². The molecule has 0 radical (unpaired) electrons. The fourth-order valence-electron chi connectivity index (χ4n) is 1.15. The lowest BCUT2D eigenvalue weighted by Gasteiger charge is -2.15. The molecule has 0 heterocycles. The summed E-state index contributed by atoms with van der Waals surface area (Å²) in [6.45, 7) is 4.49. The number of hydrogen-bond donors (Lipinski definition) is 1. The molecule has 0 aromatic heterocycles. The first kappa shape index (κ1) is 14.4. The minimum absolute atomic E-state index is 0.0848. The zero-order valence-electron chi connectivity index (χ0n) is 9.86. The molecule has 0 aromatic carbocycles. The fraction of sp³-hybridized carbons (Fsp3) is 0.909. The van der Waals surface area contributed by atoms with Crippen molar-refractivity contribution < 1.29 is 19.4 Å². The maximum absolute atomic E-state index is 10.8. The Kier molecular flexibility index (Phi) is 8.33. The SMILES string of the molecule is CCCCOC(CCC(C)OC)C(=O)O. The van der Waals surface area contributed by atoms with Crippen LogP contribution in [-0.4, -0.2) is 37.0 Å². The molecular weight excluding hydrogens is 196 g/mol. The zero-order chi connectivity index (χ0) is 11.7. The van der Waals surface area contributed by atoms with Gasteiger partial charge in [-0.2, -0.15) is 0 Å². The largest absolute Gasteiger partial charge is 0.479 e. The van der Waals surface area contributed by atoms with E-state index in [0.717, 1.165) is 12.8 Å². The Morgan fingerprint density at radius 2 is 2.07 bits per heavy atom. The predicted molar refractivity (Wildman–Crippen MR) is 58.0 cm³/mol. The smallest absolute Gasteiger partial charge is 0.332 e. The minimum atomic E-state index is -0.880. The van der Waals surface area contributed by atoms with Crippen LogP contribution in [0.4, 0.5) is 0 Å². The highest BCUT2D eigenvalue weighted by atomic mass is 16.5. The first-order valence-corrected chi connectivity index (χ1v) is 5.49. The van der Waals surface area contributed by atoms with Crippen LogP contribution in [0.3, 0.4) is 0 Å². The lowest BCUT2D eigenvalue weighted by molar-refractivity contribution is -0.151. The molecule has 4 nitrogen and oxygen atoms in total. The summed E-state index contributed by atoms with van der Waals surface area (Å²) in [4.78, 5) is 10.8. The highest BCUT2D eigenvalue weighted by Crippen LogP contribution is 2.08. The third kappa shape index (κ3) is 7.33. The van der Waals surface area contributed by atoms with Gasteiger partial charge >= 0.3 is 5.97 Å². The second kappa shape index (κ2) is 8.68. The number of carbonyl (C=O) groups is 1. The Morgan fingerprint density at radius 3 is 2.53 bits per heavy atom.